The SMILES string of the molecule is CSC1(CNC(C/C(N)=N/O)c2ccccc2)CCCC1. The molecule has 1 aliphatic rings. The first-order valence-corrected chi connectivity index (χ1v) is 8.71. The summed E-state index contributed by atoms with van der Waals surface area (Å²) in [6, 6.07) is 10.3. The molecule has 1 unspecified atom stereocenters. The average Bonchev–Trinajstić information content (AvgIpc) is 3.01. The van der Waals surface area contributed by atoms with Crippen LogP contribution in [0.4, 0.5) is 0 Å². The van der Waals surface area contributed by atoms with Gasteiger partial charge in [0.2, 0.25) is 0 Å². The summed E-state index contributed by atoms with van der Waals surface area (Å²) in [5.74, 6) is 0.265. The Labute approximate surface area is 131 Å². The van der Waals surface area contributed by atoms with E-state index in [1.54, 1.807) is 0 Å². The van der Waals surface area contributed by atoms with Crippen molar-refractivity contribution in [3.05, 3.63) is 35.9 Å². The molecule has 116 valence electrons. The van der Waals surface area contributed by atoms with Gasteiger partial charge in [0, 0.05) is 23.8 Å². The smallest absolute Gasteiger partial charge is 0.141 e. The molecule has 4 nitrogen and oxygen atoms in total. The van der Waals surface area contributed by atoms with Crippen molar-refractivity contribution in [2.75, 3.05) is 12.8 Å². The lowest BCUT2D eigenvalue weighted by Crippen LogP contribution is -2.38. The molecule has 1 fully saturated rings. The highest BCUT2D eigenvalue weighted by molar-refractivity contribution is 8.00. The largest absolute Gasteiger partial charge is 0.409 e. The highest BCUT2D eigenvalue weighted by Crippen LogP contribution is 2.40. The highest BCUT2D eigenvalue weighted by atomic mass is 32.2. The third-order valence-corrected chi connectivity index (χ3v) is 5.78. The second-order valence-electron chi connectivity index (χ2n) is 5.73. The number of oxime groups is 1. The minimum atomic E-state index is 0.0896. The Hall–Kier alpha value is -1.20. The van der Waals surface area contributed by atoms with Crippen LogP contribution in [0.3, 0.4) is 0 Å². The van der Waals surface area contributed by atoms with Gasteiger partial charge in [0.05, 0.1) is 0 Å². The Kier molecular flexibility index (Phi) is 5.94. The van der Waals surface area contributed by atoms with E-state index in [1.807, 2.05) is 30.0 Å². The van der Waals surface area contributed by atoms with Gasteiger partial charge in [0.1, 0.15) is 5.84 Å². The molecule has 0 saturated heterocycles. The van der Waals surface area contributed by atoms with Gasteiger partial charge in [-0.1, -0.05) is 48.3 Å². The fourth-order valence-corrected chi connectivity index (χ4v) is 3.95. The van der Waals surface area contributed by atoms with Crippen LogP contribution in [0.2, 0.25) is 0 Å². The monoisotopic (exact) mass is 307 g/mol. The molecule has 1 aliphatic carbocycles. The molecule has 1 aromatic rings. The van der Waals surface area contributed by atoms with Crippen molar-refractivity contribution in [3.63, 3.8) is 0 Å². The summed E-state index contributed by atoms with van der Waals surface area (Å²) in [6.07, 6.45) is 7.90. The number of nitrogens with zero attached hydrogens (tertiary/aromatic N) is 1. The highest BCUT2D eigenvalue weighted by Gasteiger charge is 2.33. The third-order valence-electron chi connectivity index (χ3n) is 4.36. The molecule has 0 bridgehead atoms. The van der Waals surface area contributed by atoms with Crippen molar-refractivity contribution >= 4 is 17.6 Å². The lowest BCUT2D eigenvalue weighted by molar-refractivity contribution is 0.315. The van der Waals surface area contributed by atoms with Crippen molar-refractivity contribution in [1.29, 1.82) is 0 Å². The van der Waals surface area contributed by atoms with Crippen molar-refractivity contribution in [3.8, 4) is 0 Å². The van der Waals surface area contributed by atoms with E-state index >= 15 is 0 Å². The van der Waals surface area contributed by atoms with Crippen molar-refractivity contribution in [2.45, 2.75) is 42.9 Å². The lowest BCUT2D eigenvalue weighted by Gasteiger charge is -2.30. The molecule has 0 amide bonds. The van der Waals surface area contributed by atoms with Gasteiger partial charge in [-0.25, -0.2) is 0 Å². The van der Waals surface area contributed by atoms with E-state index < -0.39 is 0 Å². The fourth-order valence-electron chi connectivity index (χ4n) is 3.02. The van der Waals surface area contributed by atoms with E-state index in [1.165, 1.54) is 31.2 Å². The minimum absolute atomic E-state index is 0.0896. The van der Waals surface area contributed by atoms with Gasteiger partial charge in [0.15, 0.2) is 0 Å². The second-order valence-corrected chi connectivity index (χ2v) is 7.01. The zero-order valence-corrected chi connectivity index (χ0v) is 13.4. The zero-order valence-electron chi connectivity index (χ0n) is 12.6. The predicted octanol–water partition coefficient (Wildman–Crippen LogP) is 3.13. The second kappa shape index (κ2) is 7.71. The maximum atomic E-state index is 8.84. The normalized spacial score (nSPS) is 19.6. The number of nitrogens with two attached hydrogens (primary N) is 1. The Bertz CT molecular complexity index is 458. The molecule has 0 heterocycles. The number of rotatable bonds is 7. The molecule has 2 rings (SSSR count). The van der Waals surface area contributed by atoms with Crippen LogP contribution in [-0.2, 0) is 0 Å². The summed E-state index contributed by atoms with van der Waals surface area (Å²) >= 11 is 1.97. The summed E-state index contributed by atoms with van der Waals surface area (Å²) in [7, 11) is 0. The Balaban J connectivity index is 2.05. The molecule has 1 saturated carbocycles. The minimum Gasteiger partial charge on any atom is -0.409 e. The fraction of sp³-hybridized carbons (Fsp3) is 0.562. The predicted molar refractivity (Wildman–Crippen MR) is 89.9 cm³/mol. The molecule has 5 heteroatoms. The average molecular weight is 307 g/mol. The maximum absolute atomic E-state index is 8.84. The Morgan fingerprint density at radius 2 is 2.05 bits per heavy atom. The van der Waals surface area contributed by atoms with Gasteiger partial charge in [-0.2, -0.15) is 11.8 Å². The summed E-state index contributed by atoms with van der Waals surface area (Å²) < 4.78 is 0.345. The molecule has 0 spiro atoms. The number of thioether (sulfide) groups is 1. The van der Waals surface area contributed by atoms with Crippen molar-refractivity contribution < 1.29 is 5.21 Å². The topological polar surface area (TPSA) is 70.6 Å². The quantitative estimate of drug-likeness (QED) is 0.313. The number of amidine groups is 1. The van der Waals surface area contributed by atoms with Gasteiger partial charge >= 0.3 is 0 Å². The molecular formula is C16H25N3OS. The van der Waals surface area contributed by atoms with Crippen LogP contribution in [0.1, 0.15) is 43.7 Å². The van der Waals surface area contributed by atoms with Crippen LogP contribution in [0.15, 0.2) is 35.5 Å². The summed E-state index contributed by atoms with van der Waals surface area (Å²) in [4.78, 5) is 0. The third kappa shape index (κ3) is 4.38. The van der Waals surface area contributed by atoms with Gasteiger partial charge in [0.25, 0.3) is 0 Å². The molecular weight excluding hydrogens is 282 g/mol. The van der Waals surface area contributed by atoms with Crippen LogP contribution in [0.5, 0.6) is 0 Å². The van der Waals surface area contributed by atoms with Crippen LogP contribution in [-0.4, -0.2) is 28.6 Å². The van der Waals surface area contributed by atoms with Crippen molar-refractivity contribution in [2.24, 2.45) is 10.9 Å². The number of hydrogen-bond donors (Lipinski definition) is 3. The molecule has 1 aromatic carbocycles. The standard InChI is InChI=1S/C16H25N3OS/c1-21-16(9-5-6-10-16)12-18-14(11-15(17)19-20)13-7-3-2-4-8-13/h2-4,7-8,14,18,20H,5-6,9-12H2,1H3,(H2,17,19). The first-order valence-electron chi connectivity index (χ1n) is 7.49. The van der Waals surface area contributed by atoms with E-state index in [0.717, 1.165) is 6.54 Å². The van der Waals surface area contributed by atoms with Crippen LogP contribution in [0, 0.1) is 0 Å². The Morgan fingerprint density at radius 3 is 2.62 bits per heavy atom. The number of hydrogen-bond acceptors (Lipinski definition) is 4. The molecule has 0 radical (unpaired) electrons. The molecule has 4 N–H and O–H groups in total. The van der Waals surface area contributed by atoms with Gasteiger partial charge in [-0.3, -0.25) is 0 Å². The van der Waals surface area contributed by atoms with Crippen LogP contribution >= 0.6 is 11.8 Å². The first-order chi connectivity index (χ1) is 10.2. The first kappa shape index (κ1) is 16.2. The van der Waals surface area contributed by atoms with Gasteiger partial charge < -0.3 is 16.3 Å². The van der Waals surface area contributed by atoms with E-state index in [0.29, 0.717) is 11.2 Å². The maximum Gasteiger partial charge on any atom is 0.141 e. The number of benzene rings is 1. The molecule has 0 aliphatic heterocycles. The Morgan fingerprint density at radius 1 is 1.38 bits per heavy atom. The molecule has 21 heavy (non-hydrogen) atoms. The lowest BCUT2D eigenvalue weighted by atomic mass is 10.0. The van der Waals surface area contributed by atoms with E-state index in [4.69, 9.17) is 10.9 Å². The van der Waals surface area contributed by atoms with Crippen LogP contribution < -0.4 is 11.1 Å². The van der Waals surface area contributed by atoms with E-state index in [-0.39, 0.29) is 11.9 Å². The summed E-state index contributed by atoms with van der Waals surface area (Å²) in [6.45, 7) is 0.965. The molecule has 1 atom stereocenters. The zero-order chi connectivity index (χ0) is 15.1. The summed E-state index contributed by atoms with van der Waals surface area (Å²) in [5, 5.41) is 15.6. The number of nitrogens with one attached hydrogen (secondary N) is 1. The van der Waals surface area contributed by atoms with Crippen molar-refractivity contribution in [1.82, 2.24) is 5.32 Å². The van der Waals surface area contributed by atoms with Gasteiger partial charge in [-0.05, 0) is 24.7 Å². The van der Waals surface area contributed by atoms with E-state index in [9.17, 15) is 0 Å². The van der Waals surface area contributed by atoms with E-state index in [2.05, 4.69) is 28.9 Å². The van der Waals surface area contributed by atoms with Gasteiger partial charge in [-0.15, -0.1) is 0 Å². The summed E-state index contributed by atoms with van der Waals surface area (Å²) in [5.41, 5.74) is 6.89. The van der Waals surface area contributed by atoms with Crippen LogP contribution in [0.25, 0.3) is 0 Å². The molecule has 0 aromatic heterocycles.